The second-order valence-electron chi connectivity index (χ2n) is 6.21. The van der Waals surface area contributed by atoms with Crippen LogP contribution >= 0.6 is 0 Å². The number of esters is 1. The highest BCUT2D eigenvalue weighted by molar-refractivity contribution is 5.80. The maximum absolute atomic E-state index is 12.3. The summed E-state index contributed by atoms with van der Waals surface area (Å²) in [5.74, 6) is -0.810. The predicted molar refractivity (Wildman–Crippen MR) is 88.7 cm³/mol. The zero-order valence-electron chi connectivity index (χ0n) is 14.1. The molecule has 2 aromatic heterocycles. The summed E-state index contributed by atoms with van der Waals surface area (Å²) in [4.78, 5) is 39.9. The van der Waals surface area contributed by atoms with E-state index in [1.54, 1.807) is 7.05 Å². The van der Waals surface area contributed by atoms with Gasteiger partial charge in [0.15, 0.2) is 12.3 Å². The molecule has 25 heavy (non-hydrogen) atoms. The van der Waals surface area contributed by atoms with Crippen LogP contribution < -0.4 is 10.9 Å². The number of carbonyl (C=O) groups excluding carboxylic acids is 2. The third-order valence-corrected chi connectivity index (χ3v) is 4.36. The van der Waals surface area contributed by atoms with Crippen molar-refractivity contribution < 1.29 is 14.3 Å². The van der Waals surface area contributed by atoms with Gasteiger partial charge < -0.3 is 10.1 Å². The predicted octanol–water partition coefficient (Wildman–Crippen LogP) is 0.122. The molecule has 2 aromatic rings. The Hall–Kier alpha value is -2.71. The monoisotopic (exact) mass is 347 g/mol. The minimum Gasteiger partial charge on any atom is -0.456 e. The van der Waals surface area contributed by atoms with Gasteiger partial charge in [0.2, 0.25) is 0 Å². The van der Waals surface area contributed by atoms with Crippen LogP contribution in [0.2, 0.25) is 0 Å². The van der Waals surface area contributed by atoms with E-state index in [1.807, 2.05) is 0 Å². The van der Waals surface area contributed by atoms with Crippen LogP contribution in [-0.4, -0.2) is 43.9 Å². The van der Waals surface area contributed by atoms with E-state index in [1.165, 1.54) is 21.8 Å². The number of amides is 1. The number of ether oxygens (including phenoxy) is 1. The van der Waals surface area contributed by atoms with Gasteiger partial charge in [0.1, 0.15) is 5.39 Å². The molecule has 0 aromatic carbocycles. The van der Waals surface area contributed by atoms with Crippen LogP contribution in [0.15, 0.2) is 17.3 Å². The van der Waals surface area contributed by atoms with Crippen molar-refractivity contribution in [2.45, 2.75) is 44.7 Å². The number of aromatic nitrogens is 4. The van der Waals surface area contributed by atoms with Gasteiger partial charge in [-0.1, -0.05) is 12.8 Å². The number of nitrogens with zero attached hydrogens (tertiary/aromatic N) is 4. The molecule has 3 rings (SSSR count). The largest absolute Gasteiger partial charge is 0.456 e. The first kappa shape index (κ1) is 17.1. The van der Waals surface area contributed by atoms with Gasteiger partial charge in [0.05, 0.1) is 18.9 Å². The molecule has 0 radical (unpaired) electrons. The summed E-state index contributed by atoms with van der Waals surface area (Å²) >= 11 is 0. The SMILES string of the molecule is Cn1ncc2c(=O)n(CCC(=O)OCC(=O)NC3CCCC3)cnc21. The van der Waals surface area contributed by atoms with E-state index in [0.717, 1.165) is 25.7 Å². The molecule has 0 spiro atoms. The zero-order chi connectivity index (χ0) is 17.8. The molecule has 0 unspecified atom stereocenters. The van der Waals surface area contributed by atoms with Crippen LogP contribution in [0.25, 0.3) is 11.0 Å². The summed E-state index contributed by atoms with van der Waals surface area (Å²) in [6.45, 7) is -0.149. The molecule has 0 atom stereocenters. The van der Waals surface area contributed by atoms with E-state index >= 15 is 0 Å². The van der Waals surface area contributed by atoms with Crippen molar-refractivity contribution in [2.75, 3.05) is 6.61 Å². The molecule has 1 saturated carbocycles. The van der Waals surface area contributed by atoms with Crippen LogP contribution in [0.3, 0.4) is 0 Å². The van der Waals surface area contributed by atoms with Crippen molar-refractivity contribution >= 4 is 22.9 Å². The van der Waals surface area contributed by atoms with E-state index in [9.17, 15) is 14.4 Å². The minimum absolute atomic E-state index is 0.00986. The quantitative estimate of drug-likeness (QED) is 0.744. The van der Waals surface area contributed by atoms with Crippen LogP contribution in [0, 0.1) is 0 Å². The summed E-state index contributed by atoms with van der Waals surface area (Å²) in [6, 6.07) is 0.196. The fraction of sp³-hybridized carbons (Fsp3) is 0.562. The smallest absolute Gasteiger partial charge is 0.308 e. The van der Waals surface area contributed by atoms with Crippen molar-refractivity contribution in [3.8, 4) is 0 Å². The van der Waals surface area contributed by atoms with Crippen molar-refractivity contribution in [3.63, 3.8) is 0 Å². The van der Waals surface area contributed by atoms with E-state index in [0.29, 0.717) is 11.0 Å². The Morgan fingerprint density at radius 2 is 2.12 bits per heavy atom. The first-order valence-electron chi connectivity index (χ1n) is 8.36. The maximum Gasteiger partial charge on any atom is 0.308 e. The Bertz CT molecular complexity index is 835. The summed E-state index contributed by atoms with van der Waals surface area (Å²) in [7, 11) is 1.70. The van der Waals surface area contributed by atoms with E-state index in [-0.39, 0.29) is 37.1 Å². The molecule has 1 fully saturated rings. The zero-order valence-corrected chi connectivity index (χ0v) is 14.1. The molecular weight excluding hydrogens is 326 g/mol. The number of hydrogen-bond acceptors (Lipinski definition) is 6. The number of carbonyl (C=O) groups is 2. The molecule has 0 bridgehead atoms. The standard InChI is InChI=1S/C16H21N5O4/c1-20-15-12(8-18-20)16(24)21(10-17-15)7-6-14(23)25-9-13(22)19-11-4-2-3-5-11/h8,10-11H,2-7,9H2,1H3,(H,19,22). The Balaban J connectivity index is 1.48. The van der Waals surface area contributed by atoms with Gasteiger partial charge in [-0.25, -0.2) is 4.98 Å². The Morgan fingerprint density at radius 3 is 2.88 bits per heavy atom. The molecule has 1 aliphatic carbocycles. The van der Waals surface area contributed by atoms with Gasteiger partial charge in [-0.3, -0.25) is 23.6 Å². The Labute approximate surface area is 144 Å². The number of hydrogen-bond donors (Lipinski definition) is 1. The molecule has 2 heterocycles. The van der Waals surface area contributed by atoms with Crippen LogP contribution in [-0.2, 0) is 27.9 Å². The number of nitrogens with one attached hydrogen (secondary N) is 1. The van der Waals surface area contributed by atoms with Gasteiger partial charge in [0.25, 0.3) is 11.5 Å². The van der Waals surface area contributed by atoms with Crippen molar-refractivity contribution in [1.82, 2.24) is 24.6 Å². The lowest BCUT2D eigenvalue weighted by Crippen LogP contribution is -2.36. The summed E-state index contributed by atoms with van der Waals surface area (Å²) in [5.41, 5.74) is 0.234. The van der Waals surface area contributed by atoms with Gasteiger partial charge in [-0.2, -0.15) is 5.10 Å². The van der Waals surface area contributed by atoms with Crippen LogP contribution in [0.4, 0.5) is 0 Å². The van der Waals surface area contributed by atoms with E-state index in [2.05, 4.69) is 15.4 Å². The fourth-order valence-corrected chi connectivity index (χ4v) is 3.00. The highest BCUT2D eigenvalue weighted by Crippen LogP contribution is 2.17. The van der Waals surface area contributed by atoms with Crippen LogP contribution in [0.1, 0.15) is 32.1 Å². The lowest BCUT2D eigenvalue weighted by molar-refractivity contribution is -0.148. The lowest BCUT2D eigenvalue weighted by atomic mass is 10.2. The molecule has 1 amide bonds. The molecule has 0 aliphatic heterocycles. The average Bonchev–Trinajstić information content (AvgIpc) is 3.23. The first-order chi connectivity index (χ1) is 12.0. The molecule has 1 aliphatic rings. The highest BCUT2D eigenvalue weighted by atomic mass is 16.5. The number of rotatable bonds is 6. The van der Waals surface area contributed by atoms with E-state index < -0.39 is 5.97 Å². The third-order valence-electron chi connectivity index (χ3n) is 4.36. The molecule has 0 saturated heterocycles. The second kappa shape index (κ2) is 7.45. The van der Waals surface area contributed by atoms with Crippen molar-refractivity contribution in [3.05, 3.63) is 22.9 Å². The normalized spacial score (nSPS) is 14.8. The van der Waals surface area contributed by atoms with Gasteiger partial charge >= 0.3 is 5.97 Å². The Morgan fingerprint density at radius 1 is 1.36 bits per heavy atom. The first-order valence-corrected chi connectivity index (χ1v) is 8.36. The van der Waals surface area contributed by atoms with Gasteiger partial charge in [-0.05, 0) is 12.8 Å². The van der Waals surface area contributed by atoms with Gasteiger partial charge in [-0.15, -0.1) is 0 Å². The van der Waals surface area contributed by atoms with Crippen molar-refractivity contribution in [1.29, 1.82) is 0 Å². The second-order valence-corrected chi connectivity index (χ2v) is 6.21. The number of aryl methyl sites for hydroxylation is 2. The fourth-order valence-electron chi connectivity index (χ4n) is 3.00. The summed E-state index contributed by atoms with van der Waals surface area (Å²) in [5, 5.41) is 7.23. The Kier molecular flexibility index (Phi) is 5.11. The summed E-state index contributed by atoms with van der Waals surface area (Å²) < 4.78 is 7.81. The average molecular weight is 347 g/mol. The summed E-state index contributed by atoms with van der Waals surface area (Å²) in [6.07, 6.45) is 7.02. The molecule has 134 valence electrons. The highest BCUT2D eigenvalue weighted by Gasteiger charge is 2.18. The van der Waals surface area contributed by atoms with Crippen LogP contribution in [0.5, 0.6) is 0 Å². The number of fused-ring (bicyclic) bond motifs is 1. The molecule has 9 nitrogen and oxygen atoms in total. The van der Waals surface area contributed by atoms with E-state index in [4.69, 9.17) is 4.74 Å². The maximum atomic E-state index is 12.3. The lowest BCUT2D eigenvalue weighted by Gasteiger charge is -2.12. The molecule has 9 heteroatoms. The minimum atomic E-state index is -0.528. The molecular formula is C16H21N5O4. The molecule has 1 N–H and O–H groups in total. The van der Waals surface area contributed by atoms with Crippen molar-refractivity contribution in [2.24, 2.45) is 7.05 Å². The van der Waals surface area contributed by atoms with Gasteiger partial charge in [0, 0.05) is 19.6 Å². The topological polar surface area (TPSA) is 108 Å². The third kappa shape index (κ3) is 4.04.